The number of benzene rings is 2. The molecular formula is C21H20O4. The van der Waals surface area contributed by atoms with Gasteiger partial charge >= 0.3 is 11.9 Å². The van der Waals surface area contributed by atoms with Crippen LogP contribution in [0.1, 0.15) is 46.2 Å². The number of rotatable bonds is 2. The largest absolute Gasteiger partial charge is 0.426 e. The van der Waals surface area contributed by atoms with Crippen molar-refractivity contribution in [2.75, 3.05) is 0 Å². The molecular weight excluding hydrogens is 316 g/mol. The Labute approximate surface area is 146 Å². The summed E-state index contributed by atoms with van der Waals surface area (Å²) < 4.78 is 11.1. The minimum absolute atomic E-state index is 0.185. The Morgan fingerprint density at radius 1 is 0.720 bits per heavy atom. The Balaban J connectivity index is 1.79. The van der Waals surface area contributed by atoms with Crippen molar-refractivity contribution < 1.29 is 19.1 Å². The van der Waals surface area contributed by atoms with Crippen LogP contribution in [0.5, 0.6) is 11.5 Å². The molecule has 0 unspecified atom stereocenters. The van der Waals surface area contributed by atoms with Crippen LogP contribution in [-0.4, -0.2) is 11.9 Å². The van der Waals surface area contributed by atoms with E-state index in [1.165, 1.54) is 0 Å². The maximum absolute atomic E-state index is 11.8. The number of hydrogen-bond donors (Lipinski definition) is 0. The van der Waals surface area contributed by atoms with Gasteiger partial charge in [0.2, 0.25) is 0 Å². The molecule has 2 aliphatic rings. The van der Waals surface area contributed by atoms with Crippen LogP contribution < -0.4 is 9.47 Å². The number of carbonyl (C=O) groups is 2. The third-order valence-corrected chi connectivity index (χ3v) is 4.78. The van der Waals surface area contributed by atoms with Crippen molar-refractivity contribution in [3.8, 4) is 11.5 Å². The van der Waals surface area contributed by atoms with E-state index < -0.39 is 0 Å². The average molecular weight is 336 g/mol. The molecule has 2 aliphatic heterocycles. The molecule has 0 aliphatic carbocycles. The van der Waals surface area contributed by atoms with Crippen molar-refractivity contribution in [1.82, 2.24) is 0 Å². The van der Waals surface area contributed by atoms with Gasteiger partial charge in [0.25, 0.3) is 0 Å². The van der Waals surface area contributed by atoms with E-state index >= 15 is 0 Å². The predicted molar refractivity (Wildman–Crippen MR) is 93.1 cm³/mol. The van der Waals surface area contributed by atoms with E-state index in [0.29, 0.717) is 43.6 Å². The smallest absolute Gasteiger partial charge is 0.311 e. The molecule has 4 heteroatoms. The van der Waals surface area contributed by atoms with Crippen LogP contribution >= 0.6 is 0 Å². The first-order valence-corrected chi connectivity index (χ1v) is 8.66. The molecule has 4 nitrogen and oxygen atoms in total. The summed E-state index contributed by atoms with van der Waals surface area (Å²) in [5.74, 6) is 0.990. The van der Waals surface area contributed by atoms with Crippen molar-refractivity contribution in [3.05, 3.63) is 57.6 Å². The standard InChI is InChI=1S/C21H20O4/c1-12-7-14-3-5-18(22)24-20(14)16(9-12)11-17-10-13(2)8-15-4-6-19(23)25-21(15)17/h7-10H,3-6,11H2,1-2H3. The van der Waals surface area contributed by atoms with E-state index in [-0.39, 0.29) is 11.9 Å². The summed E-state index contributed by atoms with van der Waals surface area (Å²) in [5.41, 5.74) is 6.38. The van der Waals surface area contributed by atoms with Crippen LogP contribution in [0.15, 0.2) is 24.3 Å². The van der Waals surface area contributed by atoms with Gasteiger partial charge in [-0.25, -0.2) is 0 Å². The van der Waals surface area contributed by atoms with Crippen molar-refractivity contribution in [1.29, 1.82) is 0 Å². The normalized spacial score (nSPS) is 15.9. The van der Waals surface area contributed by atoms with E-state index in [1.807, 2.05) is 13.8 Å². The summed E-state index contributed by atoms with van der Waals surface area (Å²) >= 11 is 0. The zero-order valence-electron chi connectivity index (χ0n) is 14.5. The first kappa shape index (κ1) is 15.9. The molecule has 2 aromatic carbocycles. The Hall–Kier alpha value is -2.62. The SMILES string of the molecule is Cc1cc2c(c(Cc3cc(C)cc4c3OC(=O)CC4)c1)OC(=O)CC2. The van der Waals surface area contributed by atoms with Crippen molar-refractivity contribution in [3.63, 3.8) is 0 Å². The molecule has 0 bridgehead atoms. The number of ether oxygens (including phenoxy) is 2. The number of carbonyl (C=O) groups excluding carboxylic acids is 2. The van der Waals surface area contributed by atoms with Gasteiger partial charge in [-0.05, 0) is 48.9 Å². The summed E-state index contributed by atoms with van der Waals surface area (Å²) in [5, 5.41) is 0. The van der Waals surface area contributed by atoms with Crippen LogP contribution in [0.25, 0.3) is 0 Å². The first-order valence-electron chi connectivity index (χ1n) is 8.66. The average Bonchev–Trinajstić information content (AvgIpc) is 2.56. The van der Waals surface area contributed by atoms with Gasteiger partial charge in [0, 0.05) is 6.42 Å². The highest BCUT2D eigenvalue weighted by atomic mass is 16.5. The molecule has 25 heavy (non-hydrogen) atoms. The maximum atomic E-state index is 11.8. The van der Waals surface area contributed by atoms with E-state index in [1.54, 1.807) is 0 Å². The fourth-order valence-corrected chi connectivity index (χ4v) is 3.76. The second-order valence-electron chi connectivity index (χ2n) is 6.95. The monoisotopic (exact) mass is 336 g/mol. The predicted octanol–water partition coefficient (Wildman–Crippen LogP) is 3.60. The van der Waals surface area contributed by atoms with Crippen molar-refractivity contribution >= 4 is 11.9 Å². The Kier molecular flexibility index (Phi) is 3.83. The molecule has 2 aromatic rings. The van der Waals surface area contributed by atoms with Gasteiger partial charge in [0.15, 0.2) is 0 Å². The fourth-order valence-electron chi connectivity index (χ4n) is 3.76. The van der Waals surface area contributed by atoms with E-state index in [2.05, 4.69) is 24.3 Å². The minimum atomic E-state index is -0.185. The van der Waals surface area contributed by atoms with E-state index in [0.717, 1.165) is 33.4 Å². The highest BCUT2D eigenvalue weighted by Gasteiger charge is 2.24. The van der Waals surface area contributed by atoms with Crippen LogP contribution in [0.3, 0.4) is 0 Å². The maximum Gasteiger partial charge on any atom is 0.311 e. The van der Waals surface area contributed by atoms with Crippen LogP contribution in [-0.2, 0) is 28.9 Å². The third-order valence-electron chi connectivity index (χ3n) is 4.78. The summed E-state index contributed by atoms with van der Waals surface area (Å²) in [7, 11) is 0. The number of esters is 2. The molecule has 0 saturated heterocycles. The topological polar surface area (TPSA) is 52.6 Å². The Bertz CT molecular complexity index is 822. The molecule has 128 valence electrons. The molecule has 0 aromatic heterocycles. The summed E-state index contributed by atoms with van der Waals surface area (Å²) in [6.07, 6.45) is 2.85. The molecule has 0 saturated carbocycles. The van der Waals surface area contributed by atoms with Crippen LogP contribution in [0.4, 0.5) is 0 Å². The second-order valence-corrected chi connectivity index (χ2v) is 6.95. The molecule has 0 spiro atoms. The lowest BCUT2D eigenvalue weighted by molar-refractivity contribution is -0.136. The van der Waals surface area contributed by atoms with Gasteiger partial charge in [-0.3, -0.25) is 9.59 Å². The highest BCUT2D eigenvalue weighted by molar-refractivity contribution is 5.77. The summed E-state index contributed by atoms with van der Waals surface area (Å²) in [6, 6.07) is 8.27. The Morgan fingerprint density at radius 3 is 1.60 bits per heavy atom. The zero-order valence-corrected chi connectivity index (χ0v) is 14.5. The summed E-state index contributed by atoms with van der Waals surface area (Å²) in [6.45, 7) is 4.10. The number of hydrogen-bond acceptors (Lipinski definition) is 4. The van der Waals surface area contributed by atoms with Gasteiger partial charge in [-0.15, -0.1) is 0 Å². The van der Waals surface area contributed by atoms with E-state index in [4.69, 9.17) is 9.47 Å². The van der Waals surface area contributed by atoms with Gasteiger partial charge in [0.1, 0.15) is 11.5 Å². The lowest BCUT2D eigenvalue weighted by atomic mass is 9.92. The van der Waals surface area contributed by atoms with Gasteiger partial charge in [-0.1, -0.05) is 35.4 Å². The van der Waals surface area contributed by atoms with Crippen molar-refractivity contribution in [2.24, 2.45) is 0 Å². The molecule has 0 amide bonds. The fraction of sp³-hybridized carbons (Fsp3) is 0.333. The summed E-state index contributed by atoms with van der Waals surface area (Å²) in [4.78, 5) is 23.5. The number of fused-ring (bicyclic) bond motifs is 2. The first-order chi connectivity index (χ1) is 12.0. The Morgan fingerprint density at radius 2 is 1.16 bits per heavy atom. The van der Waals surface area contributed by atoms with Gasteiger partial charge < -0.3 is 9.47 Å². The van der Waals surface area contributed by atoms with Crippen LogP contribution in [0, 0.1) is 13.8 Å². The highest BCUT2D eigenvalue weighted by Crippen LogP contribution is 2.37. The van der Waals surface area contributed by atoms with Crippen LogP contribution in [0.2, 0.25) is 0 Å². The molecule has 4 rings (SSSR count). The van der Waals surface area contributed by atoms with Gasteiger partial charge in [-0.2, -0.15) is 0 Å². The molecule has 2 heterocycles. The zero-order chi connectivity index (χ0) is 17.6. The molecule has 0 atom stereocenters. The number of aryl methyl sites for hydroxylation is 4. The third kappa shape index (κ3) is 3.04. The molecule has 0 N–H and O–H groups in total. The van der Waals surface area contributed by atoms with Crippen molar-refractivity contribution in [2.45, 2.75) is 46.0 Å². The minimum Gasteiger partial charge on any atom is -0.426 e. The molecule has 0 fully saturated rings. The lowest BCUT2D eigenvalue weighted by Gasteiger charge is -2.23. The second kappa shape index (κ2) is 6.03. The lowest BCUT2D eigenvalue weighted by Crippen LogP contribution is -2.19. The van der Waals surface area contributed by atoms with Gasteiger partial charge in [0.05, 0.1) is 12.8 Å². The van der Waals surface area contributed by atoms with E-state index in [9.17, 15) is 9.59 Å². The molecule has 0 radical (unpaired) electrons. The quantitative estimate of drug-likeness (QED) is 0.621.